The first-order chi connectivity index (χ1) is 13.3. The van der Waals surface area contributed by atoms with Crippen LogP contribution < -0.4 is 10.6 Å². The van der Waals surface area contributed by atoms with Gasteiger partial charge in [0, 0.05) is 37.9 Å². The number of hydrogen-bond acceptors (Lipinski definition) is 2. The maximum Gasteiger partial charge on any atom is 0.191 e. The summed E-state index contributed by atoms with van der Waals surface area (Å²) in [4.78, 5) is 4.38. The fourth-order valence-electron chi connectivity index (χ4n) is 3.40. The van der Waals surface area contributed by atoms with Crippen LogP contribution in [0.2, 0.25) is 0 Å². The fourth-order valence-corrected chi connectivity index (χ4v) is 3.40. The zero-order chi connectivity index (χ0) is 18.5. The first-order valence-corrected chi connectivity index (χ1v) is 9.38. The molecule has 1 saturated carbocycles. The summed E-state index contributed by atoms with van der Waals surface area (Å²) in [6.45, 7) is 1.62. The summed E-state index contributed by atoms with van der Waals surface area (Å²) < 4.78 is 1.87. The normalized spacial score (nSPS) is 15.4. The van der Waals surface area contributed by atoms with Gasteiger partial charge < -0.3 is 10.6 Å². The fraction of sp³-hybridized carbons (Fsp3) is 0.273. The van der Waals surface area contributed by atoms with Crippen LogP contribution in [0.5, 0.6) is 0 Å². The van der Waals surface area contributed by atoms with Crippen molar-refractivity contribution in [3.8, 4) is 5.69 Å². The molecule has 3 aromatic rings. The van der Waals surface area contributed by atoms with Crippen LogP contribution in [0.4, 0.5) is 0 Å². The Kier molecular flexibility index (Phi) is 4.92. The van der Waals surface area contributed by atoms with Crippen molar-refractivity contribution in [2.45, 2.75) is 24.8 Å². The van der Waals surface area contributed by atoms with Gasteiger partial charge in [0.2, 0.25) is 0 Å². The van der Waals surface area contributed by atoms with E-state index >= 15 is 0 Å². The molecule has 5 nitrogen and oxygen atoms in total. The molecule has 0 atom stereocenters. The molecule has 5 heteroatoms. The van der Waals surface area contributed by atoms with Crippen molar-refractivity contribution in [1.29, 1.82) is 0 Å². The highest BCUT2D eigenvalue weighted by Gasteiger charge is 2.43. The van der Waals surface area contributed by atoms with Crippen LogP contribution in [-0.4, -0.2) is 29.3 Å². The summed E-state index contributed by atoms with van der Waals surface area (Å²) in [5, 5.41) is 11.2. The second-order valence-electron chi connectivity index (χ2n) is 7.05. The summed E-state index contributed by atoms with van der Waals surface area (Å²) >= 11 is 0. The molecule has 1 aromatic heterocycles. The van der Waals surface area contributed by atoms with E-state index in [9.17, 15) is 0 Å². The van der Waals surface area contributed by atoms with E-state index in [1.165, 1.54) is 24.0 Å². The van der Waals surface area contributed by atoms with Crippen LogP contribution >= 0.6 is 0 Å². The summed E-state index contributed by atoms with van der Waals surface area (Å²) in [6.07, 6.45) is 6.20. The first kappa shape index (κ1) is 17.3. The highest BCUT2D eigenvalue weighted by atomic mass is 15.3. The van der Waals surface area contributed by atoms with E-state index in [1.54, 1.807) is 6.20 Å². The Labute approximate surface area is 160 Å². The molecule has 0 bridgehead atoms. The van der Waals surface area contributed by atoms with Crippen molar-refractivity contribution < 1.29 is 0 Å². The second-order valence-corrected chi connectivity index (χ2v) is 7.05. The Morgan fingerprint density at radius 2 is 1.93 bits per heavy atom. The number of nitrogens with one attached hydrogen (secondary N) is 2. The van der Waals surface area contributed by atoms with E-state index in [-0.39, 0.29) is 5.41 Å². The predicted octanol–water partition coefficient (Wildman–Crippen LogP) is 3.27. The zero-order valence-electron chi connectivity index (χ0n) is 15.6. The standard InChI is InChI=1S/C22H25N5/c1-23-21(25-17-22(11-12-22)19-8-3-2-4-9-19)24-16-18-7-5-10-20(15-18)27-14-6-13-26-27/h2-10,13-15H,11-12,16-17H2,1H3,(H2,23,24,25). The molecular weight excluding hydrogens is 334 g/mol. The minimum absolute atomic E-state index is 0.263. The molecule has 27 heavy (non-hydrogen) atoms. The van der Waals surface area contributed by atoms with E-state index in [4.69, 9.17) is 0 Å². The molecule has 1 aliphatic carbocycles. The molecule has 1 fully saturated rings. The first-order valence-electron chi connectivity index (χ1n) is 9.38. The molecule has 2 aromatic carbocycles. The Morgan fingerprint density at radius 3 is 2.63 bits per heavy atom. The van der Waals surface area contributed by atoms with Crippen molar-refractivity contribution >= 4 is 5.96 Å². The molecule has 0 saturated heterocycles. The van der Waals surface area contributed by atoms with Gasteiger partial charge in [0.05, 0.1) is 5.69 Å². The van der Waals surface area contributed by atoms with Crippen LogP contribution in [0.15, 0.2) is 78.0 Å². The summed E-state index contributed by atoms with van der Waals surface area (Å²) in [6, 6.07) is 21.1. The third-order valence-electron chi connectivity index (χ3n) is 5.20. The molecule has 0 unspecified atom stereocenters. The molecule has 0 radical (unpaired) electrons. The van der Waals surface area contributed by atoms with Gasteiger partial charge in [-0.15, -0.1) is 0 Å². The largest absolute Gasteiger partial charge is 0.356 e. The third-order valence-corrected chi connectivity index (χ3v) is 5.20. The van der Waals surface area contributed by atoms with Gasteiger partial charge >= 0.3 is 0 Å². The molecular formula is C22H25N5. The lowest BCUT2D eigenvalue weighted by Crippen LogP contribution is -2.40. The van der Waals surface area contributed by atoms with E-state index < -0.39 is 0 Å². The van der Waals surface area contributed by atoms with Crippen LogP contribution in [0, 0.1) is 0 Å². The number of aliphatic imine (C=N–C) groups is 1. The second kappa shape index (κ2) is 7.66. The number of benzene rings is 2. The number of guanidine groups is 1. The average molecular weight is 359 g/mol. The van der Waals surface area contributed by atoms with E-state index in [0.29, 0.717) is 6.54 Å². The minimum atomic E-state index is 0.263. The van der Waals surface area contributed by atoms with Crippen LogP contribution in [0.3, 0.4) is 0 Å². The topological polar surface area (TPSA) is 54.2 Å². The Balaban J connectivity index is 1.35. The van der Waals surface area contributed by atoms with Gasteiger partial charge in [-0.25, -0.2) is 4.68 Å². The highest BCUT2D eigenvalue weighted by Crippen LogP contribution is 2.47. The van der Waals surface area contributed by atoms with E-state index in [0.717, 1.165) is 18.2 Å². The van der Waals surface area contributed by atoms with Gasteiger partial charge in [0.25, 0.3) is 0 Å². The lowest BCUT2D eigenvalue weighted by molar-refractivity contribution is 0.645. The molecule has 4 rings (SSSR count). The summed E-state index contributed by atoms with van der Waals surface area (Å²) in [7, 11) is 1.82. The van der Waals surface area contributed by atoms with Crippen LogP contribution in [-0.2, 0) is 12.0 Å². The molecule has 0 spiro atoms. The number of aromatic nitrogens is 2. The number of rotatable bonds is 6. The maximum absolute atomic E-state index is 4.38. The lowest BCUT2D eigenvalue weighted by atomic mass is 9.96. The summed E-state index contributed by atoms with van der Waals surface area (Å²) in [5.41, 5.74) is 3.93. The van der Waals surface area contributed by atoms with Gasteiger partial charge in [-0.2, -0.15) is 5.10 Å². The van der Waals surface area contributed by atoms with Crippen LogP contribution in [0.1, 0.15) is 24.0 Å². The predicted molar refractivity (Wildman–Crippen MR) is 109 cm³/mol. The molecule has 138 valence electrons. The Bertz CT molecular complexity index is 895. The van der Waals surface area contributed by atoms with Crippen molar-refractivity contribution in [3.05, 3.63) is 84.2 Å². The average Bonchev–Trinajstić information content (AvgIpc) is 3.32. The van der Waals surface area contributed by atoms with Crippen molar-refractivity contribution in [1.82, 2.24) is 20.4 Å². The smallest absolute Gasteiger partial charge is 0.191 e. The zero-order valence-corrected chi connectivity index (χ0v) is 15.6. The van der Waals surface area contributed by atoms with Crippen molar-refractivity contribution in [3.63, 3.8) is 0 Å². The van der Waals surface area contributed by atoms with Gasteiger partial charge in [0.1, 0.15) is 0 Å². The van der Waals surface area contributed by atoms with Crippen LogP contribution in [0.25, 0.3) is 5.69 Å². The molecule has 1 heterocycles. The molecule has 1 aliphatic rings. The Morgan fingerprint density at radius 1 is 1.07 bits per heavy atom. The van der Waals surface area contributed by atoms with Crippen molar-refractivity contribution in [2.75, 3.05) is 13.6 Å². The third kappa shape index (κ3) is 4.03. The van der Waals surface area contributed by atoms with Gasteiger partial charge in [-0.1, -0.05) is 42.5 Å². The molecule has 0 amide bonds. The SMILES string of the molecule is CN=C(NCc1cccc(-n2cccn2)c1)NCC1(c2ccccc2)CC1. The monoisotopic (exact) mass is 359 g/mol. The quantitative estimate of drug-likeness (QED) is 0.525. The summed E-state index contributed by atoms with van der Waals surface area (Å²) in [5.74, 6) is 0.835. The number of nitrogens with zero attached hydrogens (tertiary/aromatic N) is 3. The molecule has 0 aliphatic heterocycles. The van der Waals surface area contributed by atoms with E-state index in [1.807, 2.05) is 24.0 Å². The highest BCUT2D eigenvalue weighted by molar-refractivity contribution is 5.79. The number of hydrogen-bond donors (Lipinski definition) is 2. The Hall–Kier alpha value is -3.08. The van der Waals surface area contributed by atoms with Gasteiger partial charge in [-0.3, -0.25) is 4.99 Å². The molecule has 2 N–H and O–H groups in total. The lowest BCUT2D eigenvalue weighted by Gasteiger charge is -2.19. The van der Waals surface area contributed by atoms with Crippen molar-refractivity contribution in [2.24, 2.45) is 4.99 Å². The van der Waals surface area contributed by atoms with Gasteiger partial charge in [-0.05, 0) is 42.2 Å². The van der Waals surface area contributed by atoms with E-state index in [2.05, 4.69) is 75.3 Å². The maximum atomic E-state index is 4.38. The minimum Gasteiger partial charge on any atom is -0.356 e. The van der Waals surface area contributed by atoms with Gasteiger partial charge in [0.15, 0.2) is 5.96 Å².